The number of hydrogen-bond donors (Lipinski definition) is 1. The molecule has 0 saturated carbocycles. The van der Waals surface area contributed by atoms with Gasteiger partial charge in [-0.15, -0.1) is 0 Å². The van der Waals surface area contributed by atoms with E-state index in [9.17, 15) is 14.7 Å². The summed E-state index contributed by atoms with van der Waals surface area (Å²) in [7, 11) is 0. The van der Waals surface area contributed by atoms with E-state index < -0.39 is 11.4 Å². The molecule has 1 unspecified atom stereocenters. The Morgan fingerprint density at radius 3 is 2.85 bits per heavy atom. The second-order valence-corrected chi connectivity index (χ2v) is 6.12. The highest BCUT2D eigenvalue weighted by Gasteiger charge is 2.45. The molecule has 0 aliphatic carbocycles. The quantitative estimate of drug-likeness (QED) is 0.914. The van der Waals surface area contributed by atoms with E-state index in [1.54, 1.807) is 17.2 Å². The molecule has 1 saturated heterocycles. The monoisotopic (exact) mass is 340 g/mol. The minimum atomic E-state index is -0.804. The van der Waals surface area contributed by atoms with Crippen LogP contribution in [0, 0.1) is 5.41 Å². The number of aromatic nitrogens is 1. The highest BCUT2D eigenvalue weighted by molar-refractivity contribution is 9.10. The van der Waals surface area contributed by atoms with E-state index in [-0.39, 0.29) is 12.5 Å². The van der Waals surface area contributed by atoms with Crippen LogP contribution in [0.3, 0.4) is 0 Å². The summed E-state index contributed by atoms with van der Waals surface area (Å²) in [6, 6.07) is 1.70. The number of rotatable bonds is 4. The van der Waals surface area contributed by atoms with Gasteiger partial charge in [0.05, 0.1) is 11.0 Å². The normalized spacial score (nSPS) is 22.0. The third-order valence-corrected chi connectivity index (χ3v) is 4.21. The van der Waals surface area contributed by atoms with Crippen molar-refractivity contribution >= 4 is 27.8 Å². The fourth-order valence-electron chi connectivity index (χ4n) is 2.72. The van der Waals surface area contributed by atoms with Gasteiger partial charge in [-0.25, -0.2) is 0 Å². The van der Waals surface area contributed by atoms with Gasteiger partial charge in [0.25, 0.3) is 5.91 Å². The first kappa shape index (κ1) is 15.0. The molecule has 1 aromatic rings. The van der Waals surface area contributed by atoms with E-state index in [2.05, 4.69) is 20.9 Å². The number of carboxylic acids is 1. The van der Waals surface area contributed by atoms with Gasteiger partial charge in [0.2, 0.25) is 0 Å². The van der Waals surface area contributed by atoms with Gasteiger partial charge in [-0.05, 0) is 34.8 Å². The summed E-state index contributed by atoms with van der Waals surface area (Å²) in [5.74, 6) is -0.958. The van der Waals surface area contributed by atoms with E-state index in [0.29, 0.717) is 24.9 Å². The predicted octanol–water partition coefficient (Wildman–Crippen LogP) is 2.56. The summed E-state index contributed by atoms with van der Waals surface area (Å²) < 4.78 is 0.737. The minimum absolute atomic E-state index is 0.155. The van der Waals surface area contributed by atoms with Crippen molar-refractivity contribution in [1.29, 1.82) is 0 Å². The van der Waals surface area contributed by atoms with Gasteiger partial charge in [-0.3, -0.25) is 14.6 Å². The predicted molar refractivity (Wildman–Crippen MR) is 77.4 cm³/mol. The number of amides is 1. The average Bonchev–Trinajstić information content (AvgIpc) is 2.84. The summed E-state index contributed by atoms with van der Waals surface area (Å²) in [4.78, 5) is 29.5. The molecule has 2 rings (SSSR count). The van der Waals surface area contributed by atoms with Gasteiger partial charge in [0.1, 0.15) is 0 Å². The van der Waals surface area contributed by atoms with Crippen molar-refractivity contribution in [2.24, 2.45) is 5.41 Å². The molecule has 0 spiro atoms. The standard InChI is InChI=1S/C14H17BrN2O3/c1-2-3-14(13(19)20)4-5-17(9-14)12(18)10-6-11(15)8-16-7-10/h6-8H,2-5,9H2,1H3,(H,19,20). The van der Waals surface area contributed by atoms with Crippen LogP contribution in [0.1, 0.15) is 36.5 Å². The van der Waals surface area contributed by atoms with E-state index in [0.717, 1.165) is 10.9 Å². The minimum Gasteiger partial charge on any atom is -0.481 e. The molecular weight excluding hydrogens is 324 g/mol. The van der Waals surface area contributed by atoms with Crippen LogP contribution in [-0.2, 0) is 4.79 Å². The fourth-order valence-corrected chi connectivity index (χ4v) is 3.09. The van der Waals surface area contributed by atoms with E-state index in [1.807, 2.05) is 6.92 Å². The summed E-state index contributed by atoms with van der Waals surface area (Å²) >= 11 is 3.28. The van der Waals surface area contributed by atoms with Crippen molar-refractivity contribution in [3.05, 3.63) is 28.5 Å². The molecule has 0 bridgehead atoms. The number of nitrogens with zero attached hydrogens (tertiary/aromatic N) is 2. The van der Waals surface area contributed by atoms with Gasteiger partial charge in [0, 0.05) is 30.0 Å². The second kappa shape index (κ2) is 5.91. The number of carboxylic acid groups (broad SMARTS) is 1. The molecule has 1 aliphatic heterocycles. The van der Waals surface area contributed by atoms with Gasteiger partial charge in [-0.2, -0.15) is 0 Å². The summed E-state index contributed by atoms with van der Waals surface area (Å²) in [6.45, 7) is 2.73. The maximum absolute atomic E-state index is 12.4. The van der Waals surface area contributed by atoms with Gasteiger partial charge in [-0.1, -0.05) is 13.3 Å². The van der Waals surface area contributed by atoms with Crippen molar-refractivity contribution in [2.75, 3.05) is 13.1 Å². The lowest BCUT2D eigenvalue weighted by atomic mass is 9.83. The Kier molecular flexibility index (Phi) is 4.42. The molecule has 5 nitrogen and oxygen atoms in total. The maximum atomic E-state index is 12.4. The molecule has 1 fully saturated rings. The molecule has 1 aromatic heterocycles. The van der Waals surface area contributed by atoms with E-state index in [4.69, 9.17) is 0 Å². The Morgan fingerprint density at radius 2 is 2.25 bits per heavy atom. The lowest BCUT2D eigenvalue weighted by Gasteiger charge is -2.24. The number of halogens is 1. The van der Waals surface area contributed by atoms with Crippen molar-refractivity contribution in [2.45, 2.75) is 26.2 Å². The lowest BCUT2D eigenvalue weighted by molar-refractivity contribution is -0.148. The lowest BCUT2D eigenvalue weighted by Crippen LogP contribution is -2.37. The zero-order valence-electron chi connectivity index (χ0n) is 11.3. The maximum Gasteiger partial charge on any atom is 0.311 e. The van der Waals surface area contributed by atoms with Gasteiger partial charge >= 0.3 is 5.97 Å². The largest absolute Gasteiger partial charge is 0.481 e. The summed E-state index contributed by atoms with van der Waals surface area (Å²) in [5.41, 5.74) is -0.304. The zero-order chi connectivity index (χ0) is 14.8. The van der Waals surface area contributed by atoms with Crippen molar-refractivity contribution in [3.63, 3.8) is 0 Å². The second-order valence-electron chi connectivity index (χ2n) is 5.20. The topological polar surface area (TPSA) is 70.5 Å². The Balaban J connectivity index is 2.16. The number of hydrogen-bond acceptors (Lipinski definition) is 3. The molecule has 2 heterocycles. The molecule has 1 atom stereocenters. The van der Waals surface area contributed by atoms with Crippen molar-refractivity contribution in [3.8, 4) is 0 Å². The Morgan fingerprint density at radius 1 is 1.50 bits per heavy atom. The van der Waals surface area contributed by atoms with Crippen molar-refractivity contribution < 1.29 is 14.7 Å². The summed E-state index contributed by atoms with van der Waals surface area (Å²) in [6.07, 6.45) is 5.03. The van der Waals surface area contributed by atoms with Crippen LogP contribution in [-0.4, -0.2) is 40.0 Å². The smallest absolute Gasteiger partial charge is 0.311 e. The SMILES string of the molecule is CCCC1(C(=O)O)CCN(C(=O)c2cncc(Br)c2)C1. The molecule has 20 heavy (non-hydrogen) atoms. The first-order valence-electron chi connectivity index (χ1n) is 6.62. The molecule has 0 radical (unpaired) electrons. The third kappa shape index (κ3) is 2.85. The van der Waals surface area contributed by atoms with E-state index >= 15 is 0 Å². The van der Waals surface area contributed by atoms with E-state index in [1.165, 1.54) is 6.20 Å². The molecule has 1 N–H and O–H groups in total. The Bertz CT molecular complexity index is 535. The Hall–Kier alpha value is -1.43. The zero-order valence-corrected chi connectivity index (χ0v) is 12.9. The number of carbonyl (C=O) groups excluding carboxylic acids is 1. The third-order valence-electron chi connectivity index (χ3n) is 3.78. The van der Waals surface area contributed by atoms with Gasteiger partial charge < -0.3 is 10.0 Å². The number of pyridine rings is 1. The highest BCUT2D eigenvalue weighted by Crippen LogP contribution is 2.36. The molecule has 1 amide bonds. The van der Waals surface area contributed by atoms with Crippen LogP contribution in [0.25, 0.3) is 0 Å². The van der Waals surface area contributed by atoms with Gasteiger partial charge in [0.15, 0.2) is 0 Å². The van der Waals surface area contributed by atoms with Crippen LogP contribution in [0.2, 0.25) is 0 Å². The first-order chi connectivity index (χ1) is 9.48. The molecule has 6 heteroatoms. The van der Waals surface area contributed by atoms with Crippen LogP contribution >= 0.6 is 15.9 Å². The molecular formula is C14H17BrN2O3. The Labute approximate surface area is 126 Å². The number of carbonyl (C=O) groups is 2. The molecule has 1 aliphatic rings. The van der Waals surface area contributed by atoms with Crippen molar-refractivity contribution in [1.82, 2.24) is 9.88 Å². The average molecular weight is 341 g/mol. The fraction of sp³-hybridized carbons (Fsp3) is 0.500. The molecule has 0 aromatic carbocycles. The van der Waals surface area contributed by atoms with Crippen LogP contribution < -0.4 is 0 Å². The summed E-state index contributed by atoms with van der Waals surface area (Å²) in [5, 5.41) is 9.45. The highest BCUT2D eigenvalue weighted by atomic mass is 79.9. The number of aliphatic carboxylic acids is 1. The molecule has 108 valence electrons. The van der Waals surface area contributed by atoms with Crippen LogP contribution in [0.15, 0.2) is 22.9 Å². The first-order valence-corrected chi connectivity index (χ1v) is 7.41. The van der Waals surface area contributed by atoms with Crippen LogP contribution in [0.4, 0.5) is 0 Å². The number of likely N-dealkylation sites (tertiary alicyclic amines) is 1. The van der Waals surface area contributed by atoms with Crippen LogP contribution in [0.5, 0.6) is 0 Å².